The SMILES string of the molecule is CC(NC(=O)NC(=O)COCC(=O)O)C(C)(C)C. The summed E-state index contributed by atoms with van der Waals surface area (Å²) in [7, 11) is 0. The van der Waals surface area contributed by atoms with Crippen molar-refractivity contribution in [3.8, 4) is 0 Å². The van der Waals surface area contributed by atoms with Gasteiger partial charge in [-0.15, -0.1) is 0 Å². The highest BCUT2D eigenvalue weighted by atomic mass is 16.5. The Morgan fingerprint density at radius 3 is 2.22 bits per heavy atom. The molecule has 1 atom stereocenters. The molecule has 1 unspecified atom stereocenters. The van der Waals surface area contributed by atoms with E-state index >= 15 is 0 Å². The number of ether oxygens (including phenoxy) is 1. The summed E-state index contributed by atoms with van der Waals surface area (Å²) in [6.07, 6.45) is 0. The molecule has 0 heterocycles. The zero-order valence-corrected chi connectivity index (χ0v) is 11.1. The van der Waals surface area contributed by atoms with Gasteiger partial charge < -0.3 is 15.2 Å². The van der Waals surface area contributed by atoms with Crippen molar-refractivity contribution < 1.29 is 24.2 Å². The fourth-order valence-corrected chi connectivity index (χ4v) is 0.843. The Balaban J connectivity index is 3.95. The topological polar surface area (TPSA) is 105 Å². The molecular formula is C11H20N2O5. The van der Waals surface area contributed by atoms with Crippen LogP contribution in [0, 0.1) is 5.41 Å². The number of nitrogens with one attached hydrogen (secondary N) is 2. The number of carboxylic acid groups (broad SMARTS) is 1. The highest BCUT2D eigenvalue weighted by Crippen LogP contribution is 2.18. The number of hydrogen-bond acceptors (Lipinski definition) is 4. The van der Waals surface area contributed by atoms with E-state index < -0.39 is 31.1 Å². The molecule has 0 aromatic heterocycles. The molecule has 0 saturated carbocycles. The maximum absolute atomic E-state index is 11.4. The third kappa shape index (κ3) is 7.61. The van der Waals surface area contributed by atoms with Gasteiger partial charge in [0.1, 0.15) is 13.2 Å². The second-order valence-electron chi connectivity index (χ2n) is 5.00. The van der Waals surface area contributed by atoms with Crippen LogP contribution in [0.2, 0.25) is 0 Å². The zero-order valence-electron chi connectivity index (χ0n) is 11.1. The Bertz CT molecular complexity index is 322. The molecule has 0 rings (SSSR count). The molecule has 3 N–H and O–H groups in total. The monoisotopic (exact) mass is 260 g/mol. The first-order valence-corrected chi connectivity index (χ1v) is 5.53. The van der Waals surface area contributed by atoms with Gasteiger partial charge in [0.25, 0.3) is 5.91 Å². The molecule has 0 bridgehead atoms. The van der Waals surface area contributed by atoms with Crippen LogP contribution in [0.5, 0.6) is 0 Å². The lowest BCUT2D eigenvalue weighted by Crippen LogP contribution is -2.48. The minimum absolute atomic E-state index is 0.120. The third-order valence-electron chi connectivity index (χ3n) is 2.36. The lowest BCUT2D eigenvalue weighted by atomic mass is 9.88. The van der Waals surface area contributed by atoms with Crippen LogP contribution in [0.25, 0.3) is 0 Å². The molecule has 18 heavy (non-hydrogen) atoms. The molecule has 0 radical (unpaired) electrons. The van der Waals surface area contributed by atoms with Crippen LogP contribution >= 0.6 is 0 Å². The van der Waals surface area contributed by atoms with Gasteiger partial charge in [0.05, 0.1) is 0 Å². The largest absolute Gasteiger partial charge is 0.480 e. The van der Waals surface area contributed by atoms with E-state index in [9.17, 15) is 14.4 Å². The predicted octanol–water partition coefficient (Wildman–Crippen LogP) is 0.348. The van der Waals surface area contributed by atoms with Crippen molar-refractivity contribution in [2.45, 2.75) is 33.7 Å². The van der Waals surface area contributed by atoms with Crippen molar-refractivity contribution in [1.29, 1.82) is 0 Å². The molecule has 7 nitrogen and oxygen atoms in total. The molecule has 7 heteroatoms. The second-order valence-corrected chi connectivity index (χ2v) is 5.00. The summed E-state index contributed by atoms with van der Waals surface area (Å²) in [5.74, 6) is -1.86. The van der Waals surface area contributed by atoms with E-state index in [4.69, 9.17) is 5.11 Å². The van der Waals surface area contributed by atoms with Gasteiger partial charge in [0.2, 0.25) is 0 Å². The Morgan fingerprint density at radius 2 is 1.78 bits per heavy atom. The summed E-state index contributed by atoms with van der Waals surface area (Å²) in [5, 5.41) is 12.9. The molecule has 0 aliphatic carbocycles. The number of imide groups is 1. The highest BCUT2D eigenvalue weighted by molar-refractivity contribution is 5.95. The Kier molecular flexibility index (Phi) is 6.32. The number of carbonyl (C=O) groups is 3. The first kappa shape index (κ1) is 16.4. The van der Waals surface area contributed by atoms with Crippen molar-refractivity contribution in [3.05, 3.63) is 0 Å². The molecule has 0 aliphatic rings. The number of urea groups is 1. The van der Waals surface area contributed by atoms with Crippen molar-refractivity contribution in [2.24, 2.45) is 5.41 Å². The van der Waals surface area contributed by atoms with Crippen molar-refractivity contribution in [1.82, 2.24) is 10.6 Å². The molecule has 3 amide bonds. The number of rotatable bonds is 5. The maximum atomic E-state index is 11.4. The summed E-state index contributed by atoms with van der Waals surface area (Å²) in [4.78, 5) is 32.7. The molecule has 0 aromatic carbocycles. The fraction of sp³-hybridized carbons (Fsp3) is 0.727. The summed E-state index contributed by atoms with van der Waals surface area (Å²) < 4.78 is 4.54. The van der Waals surface area contributed by atoms with E-state index in [-0.39, 0.29) is 11.5 Å². The van der Waals surface area contributed by atoms with Gasteiger partial charge in [-0.3, -0.25) is 10.1 Å². The number of aliphatic carboxylic acids is 1. The summed E-state index contributed by atoms with van der Waals surface area (Å²) in [5.41, 5.74) is -0.125. The lowest BCUT2D eigenvalue weighted by Gasteiger charge is -2.27. The Morgan fingerprint density at radius 1 is 1.22 bits per heavy atom. The minimum Gasteiger partial charge on any atom is -0.480 e. The van der Waals surface area contributed by atoms with Crippen LogP contribution in [0.15, 0.2) is 0 Å². The van der Waals surface area contributed by atoms with E-state index in [1.54, 1.807) is 0 Å². The van der Waals surface area contributed by atoms with Gasteiger partial charge >= 0.3 is 12.0 Å². The van der Waals surface area contributed by atoms with E-state index in [2.05, 4.69) is 10.1 Å². The number of carbonyl (C=O) groups excluding carboxylic acids is 2. The quantitative estimate of drug-likeness (QED) is 0.661. The van der Waals surface area contributed by atoms with Gasteiger partial charge in [-0.25, -0.2) is 9.59 Å². The minimum atomic E-state index is -1.17. The number of amides is 3. The van der Waals surface area contributed by atoms with Crippen LogP contribution in [-0.4, -0.2) is 42.3 Å². The summed E-state index contributed by atoms with van der Waals surface area (Å²) in [6, 6.07) is -0.744. The fourth-order valence-electron chi connectivity index (χ4n) is 0.843. The number of carboxylic acids is 1. The summed E-state index contributed by atoms with van der Waals surface area (Å²) in [6.45, 7) is 6.64. The van der Waals surface area contributed by atoms with E-state index in [0.29, 0.717) is 0 Å². The van der Waals surface area contributed by atoms with Crippen molar-refractivity contribution in [2.75, 3.05) is 13.2 Å². The molecule has 0 aliphatic heterocycles. The van der Waals surface area contributed by atoms with Crippen LogP contribution < -0.4 is 10.6 Å². The predicted molar refractivity (Wildman–Crippen MR) is 64.0 cm³/mol. The molecule has 0 aromatic rings. The Labute approximate surface area is 106 Å². The second kappa shape index (κ2) is 6.95. The van der Waals surface area contributed by atoms with E-state index in [1.807, 2.05) is 33.0 Å². The maximum Gasteiger partial charge on any atom is 0.329 e. The van der Waals surface area contributed by atoms with Crippen molar-refractivity contribution in [3.63, 3.8) is 0 Å². The zero-order chi connectivity index (χ0) is 14.3. The first-order valence-electron chi connectivity index (χ1n) is 5.53. The Hall–Kier alpha value is -1.63. The molecule has 0 saturated heterocycles. The standard InChI is InChI=1S/C11H20N2O5/c1-7(11(2,3)4)12-10(17)13-8(14)5-18-6-9(15)16/h7H,5-6H2,1-4H3,(H,15,16)(H2,12,13,14,17). The van der Waals surface area contributed by atoms with Crippen molar-refractivity contribution >= 4 is 17.9 Å². The average molecular weight is 260 g/mol. The normalized spacial score (nSPS) is 12.7. The molecule has 0 fully saturated rings. The average Bonchev–Trinajstić information content (AvgIpc) is 2.14. The molecule has 104 valence electrons. The van der Waals surface area contributed by atoms with E-state index in [0.717, 1.165) is 0 Å². The van der Waals surface area contributed by atoms with Crippen LogP contribution in [0.4, 0.5) is 4.79 Å². The number of hydrogen-bond donors (Lipinski definition) is 3. The van der Waals surface area contributed by atoms with Crippen LogP contribution in [0.3, 0.4) is 0 Å². The first-order chi connectivity index (χ1) is 8.12. The van der Waals surface area contributed by atoms with Gasteiger partial charge in [-0.05, 0) is 12.3 Å². The smallest absolute Gasteiger partial charge is 0.329 e. The van der Waals surface area contributed by atoms with Gasteiger partial charge in [0, 0.05) is 6.04 Å². The van der Waals surface area contributed by atoms with Crippen LogP contribution in [0.1, 0.15) is 27.7 Å². The third-order valence-corrected chi connectivity index (χ3v) is 2.36. The molecule has 0 spiro atoms. The van der Waals surface area contributed by atoms with Crippen LogP contribution in [-0.2, 0) is 14.3 Å². The van der Waals surface area contributed by atoms with E-state index in [1.165, 1.54) is 0 Å². The van der Waals surface area contributed by atoms with Gasteiger partial charge in [0.15, 0.2) is 0 Å². The van der Waals surface area contributed by atoms with Gasteiger partial charge in [-0.2, -0.15) is 0 Å². The lowest BCUT2D eigenvalue weighted by molar-refractivity contribution is -0.143. The van der Waals surface area contributed by atoms with Gasteiger partial charge in [-0.1, -0.05) is 20.8 Å². The summed E-state index contributed by atoms with van der Waals surface area (Å²) >= 11 is 0. The highest BCUT2D eigenvalue weighted by Gasteiger charge is 2.22. The molecular weight excluding hydrogens is 240 g/mol.